The number of morpholine rings is 1. The molecule has 2 amide bonds. The highest BCUT2D eigenvalue weighted by Crippen LogP contribution is 2.57. The first-order chi connectivity index (χ1) is 20.8. The van der Waals surface area contributed by atoms with E-state index in [0.717, 1.165) is 29.9 Å². The van der Waals surface area contributed by atoms with E-state index in [1.54, 1.807) is 12.1 Å². The molecule has 0 bridgehead atoms. The number of nitrogens with zero attached hydrogens (tertiary/aromatic N) is 3. The second kappa shape index (κ2) is 14.1. The van der Waals surface area contributed by atoms with E-state index in [4.69, 9.17) is 14.2 Å². The Hall–Kier alpha value is -3.09. The normalized spacial score (nSPS) is 23.5. The SMILES string of the molecule is C1CCOCC1.Cc1ccc(NC(=O)N2CCCC3C2C3C(F)(F)F)cc1-c1cc(OCCO)nc(N2CCOCC2)c1. The van der Waals surface area contributed by atoms with Gasteiger partial charge in [0.2, 0.25) is 5.88 Å². The van der Waals surface area contributed by atoms with Gasteiger partial charge in [-0.05, 0) is 79.8 Å². The summed E-state index contributed by atoms with van der Waals surface area (Å²) in [5.41, 5.74) is 3.09. The number of piperidine rings is 1. The van der Waals surface area contributed by atoms with Crippen molar-refractivity contribution in [3.05, 3.63) is 35.9 Å². The van der Waals surface area contributed by atoms with Gasteiger partial charge < -0.3 is 34.4 Å². The van der Waals surface area contributed by atoms with Gasteiger partial charge in [0.15, 0.2) is 0 Å². The van der Waals surface area contributed by atoms with Crippen molar-refractivity contribution in [3.63, 3.8) is 0 Å². The fourth-order valence-corrected chi connectivity index (χ4v) is 6.17. The highest BCUT2D eigenvalue weighted by molar-refractivity contribution is 5.91. The molecule has 3 atom stereocenters. The molecule has 2 N–H and O–H groups in total. The Morgan fingerprint density at radius 1 is 1.05 bits per heavy atom. The van der Waals surface area contributed by atoms with Gasteiger partial charge in [0.1, 0.15) is 12.4 Å². The molecule has 1 aliphatic carbocycles. The molecule has 2 aromatic rings. The second-order valence-electron chi connectivity index (χ2n) is 11.4. The number of nitrogens with one attached hydrogen (secondary N) is 1. The third-order valence-corrected chi connectivity index (χ3v) is 8.40. The van der Waals surface area contributed by atoms with Crippen molar-refractivity contribution in [2.24, 2.45) is 11.8 Å². The van der Waals surface area contributed by atoms with Crippen LogP contribution in [0, 0.1) is 18.8 Å². The zero-order valence-corrected chi connectivity index (χ0v) is 24.6. The van der Waals surface area contributed by atoms with Gasteiger partial charge in [0.05, 0.1) is 25.7 Å². The van der Waals surface area contributed by atoms with Gasteiger partial charge in [-0.1, -0.05) is 6.07 Å². The van der Waals surface area contributed by atoms with E-state index in [1.165, 1.54) is 24.2 Å². The van der Waals surface area contributed by atoms with Crippen molar-refractivity contribution in [2.45, 2.75) is 51.2 Å². The summed E-state index contributed by atoms with van der Waals surface area (Å²) in [4.78, 5) is 21.0. The number of alkyl halides is 3. The number of hydrogen-bond donors (Lipinski definition) is 2. The van der Waals surface area contributed by atoms with E-state index >= 15 is 0 Å². The molecule has 4 aliphatic rings. The van der Waals surface area contributed by atoms with Crippen molar-refractivity contribution in [2.75, 3.05) is 69.5 Å². The number of aromatic nitrogens is 1. The number of likely N-dealkylation sites (tertiary alicyclic amines) is 1. The van der Waals surface area contributed by atoms with E-state index in [0.29, 0.717) is 63.1 Å². The number of benzene rings is 1. The van der Waals surface area contributed by atoms with Gasteiger partial charge in [0, 0.05) is 50.6 Å². The number of amides is 2. The summed E-state index contributed by atoms with van der Waals surface area (Å²) in [6.45, 7) is 6.76. The zero-order valence-electron chi connectivity index (χ0n) is 24.6. The van der Waals surface area contributed by atoms with Crippen molar-refractivity contribution in [1.82, 2.24) is 9.88 Å². The number of rotatable bonds is 6. The Labute approximate surface area is 250 Å². The van der Waals surface area contributed by atoms with Crippen molar-refractivity contribution in [1.29, 1.82) is 0 Å². The van der Waals surface area contributed by atoms with Gasteiger partial charge in [-0.2, -0.15) is 18.2 Å². The van der Waals surface area contributed by atoms with Crippen molar-refractivity contribution < 1.29 is 37.3 Å². The number of carbonyl (C=O) groups is 1. The van der Waals surface area contributed by atoms with Gasteiger partial charge in [-0.3, -0.25) is 0 Å². The lowest BCUT2D eigenvalue weighted by Gasteiger charge is -2.28. The number of fused-ring (bicyclic) bond motifs is 1. The molecular weight excluding hydrogens is 565 g/mol. The molecule has 4 fully saturated rings. The average Bonchev–Trinajstić information content (AvgIpc) is 3.78. The number of anilines is 2. The number of carbonyl (C=O) groups excluding carboxylic acids is 1. The maximum Gasteiger partial charge on any atom is 0.394 e. The molecule has 0 radical (unpaired) electrons. The molecular formula is C31H41F3N4O5. The van der Waals surface area contributed by atoms with Crippen LogP contribution in [0.15, 0.2) is 30.3 Å². The summed E-state index contributed by atoms with van der Waals surface area (Å²) in [5.74, 6) is -0.843. The molecule has 43 heavy (non-hydrogen) atoms. The number of aliphatic hydroxyl groups is 1. The number of hydrogen-bond acceptors (Lipinski definition) is 7. The third kappa shape index (κ3) is 7.90. The maximum atomic E-state index is 13.4. The Balaban J connectivity index is 0.000000548. The minimum atomic E-state index is -4.29. The molecule has 4 heterocycles. The van der Waals surface area contributed by atoms with Crippen LogP contribution < -0.4 is 15.0 Å². The lowest BCUT2D eigenvalue weighted by atomic mass is 10.00. The number of halogens is 3. The summed E-state index contributed by atoms with van der Waals surface area (Å²) in [7, 11) is 0. The summed E-state index contributed by atoms with van der Waals surface area (Å²) in [5, 5.41) is 12.0. The minimum absolute atomic E-state index is 0.102. The van der Waals surface area contributed by atoms with E-state index in [1.807, 2.05) is 25.1 Å². The molecule has 1 saturated carbocycles. The van der Waals surface area contributed by atoms with Gasteiger partial charge in [-0.15, -0.1) is 0 Å². The standard InChI is InChI=1S/C26H31F3N4O4.C5H10O/c1-16-4-5-18(30-25(35)33-6-2-3-19-23(24(19)33)26(27,28)29)15-20(16)17-13-21(32-7-10-36-11-8-32)31-22(14-17)37-12-9-34;1-2-4-6-5-3-1/h4-5,13-15,19,23-24,34H,2-3,6-12H2,1H3,(H,30,35);1-5H2. The summed E-state index contributed by atoms with van der Waals surface area (Å²) in [6, 6.07) is 7.87. The number of aliphatic hydroxyl groups excluding tert-OH is 1. The average molecular weight is 607 g/mol. The Bertz CT molecular complexity index is 1220. The molecule has 12 heteroatoms. The number of urea groups is 1. The molecule has 236 valence electrons. The molecule has 3 aliphatic heterocycles. The van der Waals surface area contributed by atoms with Crippen LogP contribution in [0.2, 0.25) is 0 Å². The largest absolute Gasteiger partial charge is 0.475 e. The fraction of sp³-hybridized carbons (Fsp3) is 0.613. The number of ether oxygens (including phenoxy) is 3. The zero-order chi connectivity index (χ0) is 30.4. The first-order valence-electron chi connectivity index (χ1n) is 15.2. The van der Waals surface area contributed by atoms with Gasteiger partial charge >= 0.3 is 12.2 Å². The lowest BCUT2D eigenvalue weighted by molar-refractivity contribution is -0.153. The quantitative estimate of drug-likeness (QED) is 0.464. The van der Waals surface area contributed by atoms with Crippen LogP contribution in [0.1, 0.15) is 37.7 Å². The Kier molecular flexibility index (Phi) is 10.3. The molecule has 3 unspecified atom stereocenters. The van der Waals surface area contributed by atoms with Crippen LogP contribution in [0.25, 0.3) is 11.1 Å². The minimum Gasteiger partial charge on any atom is -0.475 e. The van der Waals surface area contributed by atoms with E-state index in [9.17, 15) is 23.1 Å². The van der Waals surface area contributed by atoms with Crippen LogP contribution >= 0.6 is 0 Å². The topological polar surface area (TPSA) is 96.4 Å². The van der Waals surface area contributed by atoms with Gasteiger partial charge in [0.25, 0.3) is 0 Å². The predicted octanol–water partition coefficient (Wildman–Crippen LogP) is 5.26. The molecule has 9 nitrogen and oxygen atoms in total. The highest BCUT2D eigenvalue weighted by atomic mass is 19.4. The molecule has 1 aromatic heterocycles. The third-order valence-electron chi connectivity index (χ3n) is 8.40. The Morgan fingerprint density at radius 3 is 2.44 bits per heavy atom. The van der Waals surface area contributed by atoms with E-state index < -0.39 is 30.1 Å². The van der Waals surface area contributed by atoms with Crippen LogP contribution in [0.5, 0.6) is 5.88 Å². The lowest BCUT2D eigenvalue weighted by Crippen LogP contribution is -2.41. The molecule has 6 rings (SSSR count). The van der Waals surface area contributed by atoms with Crippen LogP contribution in [-0.4, -0.2) is 92.5 Å². The number of pyridine rings is 1. The van der Waals surface area contributed by atoms with Crippen LogP contribution in [-0.2, 0) is 9.47 Å². The van der Waals surface area contributed by atoms with Crippen LogP contribution in [0.3, 0.4) is 0 Å². The van der Waals surface area contributed by atoms with Crippen molar-refractivity contribution in [3.8, 4) is 17.0 Å². The highest BCUT2D eigenvalue weighted by Gasteiger charge is 2.67. The molecule has 1 aromatic carbocycles. The summed E-state index contributed by atoms with van der Waals surface area (Å²) in [6.07, 6.45) is 0.713. The maximum absolute atomic E-state index is 13.4. The van der Waals surface area contributed by atoms with E-state index in [-0.39, 0.29) is 13.2 Å². The first kappa shape index (κ1) is 31.3. The molecule has 3 saturated heterocycles. The van der Waals surface area contributed by atoms with E-state index in [2.05, 4.69) is 15.2 Å². The smallest absolute Gasteiger partial charge is 0.394 e. The van der Waals surface area contributed by atoms with Crippen molar-refractivity contribution >= 4 is 17.5 Å². The predicted molar refractivity (Wildman–Crippen MR) is 156 cm³/mol. The fourth-order valence-electron chi connectivity index (χ4n) is 6.17. The Morgan fingerprint density at radius 2 is 1.79 bits per heavy atom. The molecule has 0 spiro atoms. The summed E-state index contributed by atoms with van der Waals surface area (Å²) >= 11 is 0. The number of aryl methyl sites for hydroxylation is 1. The van der Waals surface area contributed by atoms with Gasteiger partial charge in [-0.25, -0.2) is 4.79 Å². The van der Waals surface area contributed by atoms with Crippen LogP contribution in [0.4, 0.5) is 29.5 Å². The monoisotopic (exact) mass is 606 g/mol. The second-order valence-corrected chi connectivity index (χ2v) is 11.4. The summed E-state index contributed by atoms with van der Waals surface area (Å²) < 4.78 is 56.3. The first-order valence-corrected chi connectivity index (χ1v) is 15.2.